The van der Waals surface area contributed by atoms with Gasteiger partial charge in [0, 0.05) is 13.1 Å². The molecule has 1 atom stereocenters. The molecule has 1 aromatic carbocycles. The first kappa shape index (κ1) is 19.3. The van der Waals surface area contributed by atoms with Gasteiger partial charge in [-0.2, -0.15) is 0 Å². The van der Waals surface area contributed by atoms with Crippen LogP contribution in [0.2, 0.25) is 0 Å². The lowest BCUT2D eigenvalue weighted by atomic mass is 10.2. The van der Waals surface area contributed by atoms with Crippen molar-refractivity contribution in [3.05, 3.63) is 54.0 Å². The Kier molecular flexibility index (Phi) is 5.39. The predicted octanol–water partition coefficient (Wildman–Crippen LogP) is 2.93. The molecule has 1 saturated heterocycles. The SMILES string of the molecule is Cc1occc1-c1nnc(S[C@@H](C)C(=O)N2CCNC2=O)n1Cc1ccccc1. The third-order valence-electron chi connectivity index (χ3n) is 4.75. The standard InChI is InChI=1S/C20H21N5O3S/c1-13-16(8-11-28-13)17-22-23-20(25(17)12-15-6-4-3-5-7-15)29-14(2)18(26)24-10-9-21-19(24)27/h3-8,11,14H,9-10,12H2,1-2H3,(H,21,27)/t14-/m0/s1. The first-order valence-electron chi connectivity index (χ1n) is 9.32. The van der Waals surface area contributed by atoms with E-state index in [-0.39, 0.29) is 11.9 Å². The highest BCUT2D eigenvalue weighted by Crippen LogP contribution is 2.30. The second-order valence-corrected chi connectivity index (χ2v) is 8.06. The highest BCUT2D eigenvalue weighted by atomic mass is 32.2. The molecule has 0 unspecified atom stereocenters. The Labute approximate surface area is 172 Å². The van der Waals surface area contributed by atoms with Crippen molar-refractivity contribution in [2.24, 2.45) is 0 Å². The highest BCUT2D eigenvalue weighted by molar-refractivity contribution is 8.00. The number of thioether (sulfide) groups is 1. The fraction of sp³-hybridized carbons (Fsp3) is 0.300. The number of hydrogen-bond acceptors (Lipinski definition) is 6. The van der Waals surface area contributed by atoms with Crippen molar-refractivity contribution in [1.29, 1.82) is 0 Å². The summed E-state index contributed by atoms with van der Waals surface area (Å²) in [5.74, 6) is 1.20. The number of urea groups is 1. The van der Waals surface area contributed by atoms with Gasteiger partial charge in [-0.25, -0.2) is 4.79 Å². The smallest absolute Gasteiger partial charge is 0.324 e. The fourth-order valence-corrected chi connectivity index (χ4v) is 4.12. The summed E-state index contributed by atoms with van der Waals surface area (Å²) in [4.78, 5) is 25.8. The third-order valence-corrected chi connectivity index (χ3v) is 5.82. The Balaban J connectivity index is 1.64. The first-order chi connectivity index (χ1) is 14.0. The van der Waals surface area contributed by atoms with Crippen LogP contribution in [0.4, 0.5) is 4.79 Å². The van der Waals surface area contributed by atoms with Gasteiger partial charge in [0.05, 0.1) is 23.6 Å². The molecular weight excluding hydrogens is 390 g/mol. The van der Waals surface area contributed by atoms with E-state index in [1.807, 2.05) is 47.9 Å². The van der Waals surface area contributed by atoms with Gasteiger partial charge in [0.2, 0.25) is 5.91 Å². The zero-order valence-electron chi connectivity index (χ0n) is 16.2. The minimum Gasteiger partial charge on any atom is -0.469 e. The number of nitrogens with one attached hydrogen (secondary N) is 1. The van der Waals surface area contributed by atoms with E-state index in [0.29, 0.717) is 30.6 Å². The summed E-state index contributed by atoms with van der Waals surface area (Å²) in [5, 5.41) is 11.5. The lowest BCUT2D eigenvalue weighted by molar-refractivity contribution is -0.126. The summed E-state index contributed by atoms with van der Waals surface area (Å²) in [6.45, 7) is 5.08. The Morgan fingerprint density at radius 3 is 2.72 bits per heavy atom. The van der Waals surface area contributed by atoms with Gasteiger partial charge in [-0.1, -0.05) is 42.1 Å². The Morgan fingerprint density at radius 1 is 1.28 bits per heavy atom. The monoisotopic (exact) mass is 411 g/mol. The van der Waals surface area contributed by atoms with Crippen LogP contribution >= 0.6 is 11.8 Å². The number of hydrogen-bond donors (Lipinski definition) is 1. The van der Waals surface area contributed by atoms with E-state index in [2.05, 4.69) is 15.5 Å². The molecule has 4 rings (SSSR count). The Morgan fingerprint density at radius 2 is 2.07 bits per heavy atom. The summed E-state index contributed by atoms with van der Waals surface area (Å²) in [6.07, 6.45) is 1.62. The topological polar surface area (TPSA) is 93.3 Å². The number of furan rings is 1. The third kappa shape index (κ3) is 3.91. The summed E-state index contributed by atoms with van der Waals surface area (Å²) < 4.78 is 7.42. The van der Waals surface area contributed by atoms with Gasteiger partial charge in [-0.15, -0.1) is 10.2 Å². The van der Waals surface area contributed by atoms with Gasteiger partial charge in [-0.05, 0) is 25.5 Å². The molecule has 1 fully saturated rings. The molecule has 1 N–H and O–H groups in total. The van der Waals surface area contributed by atoms with Crippen LogP contribution in [-0.4, -0.2) is 49.9 Å². The maximum Gasteiger partial charge on any atom is 0.324 e. The largest absolute Gasteiger partial charge is 0.469 e. The molecule has 0 bridgehead atoms. The summed E-state index contributed by atoms with van der Waals surface area (Å²) in [5.41, 5.74) is 1.95. The quantitative estimate of drug-likeness (QED) is 0.627. The number of nitrogens with zero attached hydrogens (tertiary/aromatic N) is 4. The van der Waals surface area contributed by atoms with Crippen molar-refractivity contribution in [2.75, 3.05) is 13.1 Å². The van der Waals surface area contributed by atoms with Crippen molar-refractivity contribution in [3.8, 4) is 11.4 Å². The number of carbonyl (C=O) groups excluding carboxylic acids is 2. The average molecular weight is 411 g/mol. The highest BCUT2D eigenvalue weighted by Gasteiger charge is 2.31. The number of benzene rings is 1. The molecule has 0 spiro atoms. The van der Waals surface area contributed by atoms with Crippen LogP contribution < -0.4 is 5.32 Å². The van der Waals surface area contributed by atoms with Crippen LogP contribution in [0.1, 0.15) is 18.2 Å². The Hall–Kier alpha value is -3.07. The maximum absolute atomic E-state index is 12.7. The van der Waals surface area contributed by atoms with Crippen molar-refractivity contribution in [1.82, 2.24) is 25.0 Å². The lowest BCUT2D eigenvalue weighted by Gasteiger charge is -2.17. The Bertz CT molecular complexity index is 1030. The van der Waals surface area contributed by atoms with E-state index in [1.165, 1.54) is 16.7 Å². The number of aryl methyl sites for hydroxylation is 1. The molecule has 3 heterocycles. The number of carbonyl (C=O) groups is 2. The maximum atomic E-state index is 12.7. The van der Waals surface area contributed by atoms with Gasteiger partial charge in [0.1, 0.15) is 5.76 Å². The summed E-state index contributed by atoms with van der Waals surface area (Å²) >= 11 is 1.30. The van der Waals surface area contributed by atoms with E-state index in [0.717, 1.165) is 16.9 Å². The van der Waals surface area contributed by atoms with Crippen LogP contribution in [0.15, 0.2) is 52.2 Å². The van der Waals surface area contributed by atoms with E-state index in [9.17, 15) is 9.59 Å². The lowest BCUT2D eigenvalue weighted by Crippen LogP contribution is -2.39. The van der Waals surface area contributed by atoms with E-state index in [4.69, 9.17) is 4.42 Å². The number of amides is 3. The van der Waals surface area contributed by atoms with Crippen molar-refractivity contribution in [3.63, 3.8) is 0 Å². The van der Waals surface area contributed by atoms with Gasteiger partial charge >= 0.3 is 6.03 Å². The zero-order chi connectivity index (χ0) is 20.4. The first-order valence-corrected chi connectivity index (χ1v) is 10.2. The van der Waals surface area contributed by atoms with E-state index in [1.54, 1.807) is 13.2 Å². The van der Waals surface area contributed by atoms with Gasteiger partial charge in [0.25, 0.3) is 0 Å². The zero-order valence-corrected chi connectivity index (χ0v) is 17.0. The number of imide groups is 1. The molecule has 150 valence electrons. The van der Waals surface area contributed by atoms with Crippen LogP contribution in [0, 0.1) is 6.92 Å². The molecule has 3 amide bonds. The molecule has 1 aliphatic rings. The molecule has 0 saturated carbocycles. The molecule has 3 aromatic rings. The van der Waals surface area contributed by atoms with Crippen molar-refractivity contribution < 1.29 is 14.0 Å². The molecule has 0 aliphatic carbocycles. The second kappa shape index (κ2) is 8.12. The second-order valence-electron chi connectivity index (χ2n) is 6.75. The number of aromatic nitrogens is 3. The molecule has 8 nitrogen and oxygen atoms in total. The fourth-order valence-electron chi connectivity index (χ4n) is 3.21. The molecule has 29 heavy (non-hydrogen) atoms. The van der Waals surface area contributed by atoms with E-state index < -0.39 is 5.25 Å². The van der Waals surface area contributed by atoms with Crippen LogP contribution in [0.3, 0.4) is 0 Å². The van der Waals surface area contributed by atoms with Gasteiger partial charge in [-0.3, -0.25) is 14.3 Å². The van der Waals surface area contributed by atoms with Gasteiger partial charge < -0.3 is 9.73 Å². The van der Waals surface area contributed by atoms with Gasteiger partial charge in [0.15, 0.2) is 11.0 Å². The minimum absolute atomic E-state index is 0.236. The molecule has 9 heteroatoms. The predicted molar refractivity (Wildman–Crippen MR) is 108 cm³/mol. The molecular formula is C20H21N5O3S. The van der Waals surface area contributed by atoms with Crippen molar-refractivity contribution >= 4 is 23.7 Å². The average Bonchev–Trinajstić information content (AvgIpc) is 3.43. The van der Waals surface area contributed by atoms with Crippen LogP contribution in [0.5, 0.6) is 0 Å². The molecule has 0 radical (unpaired) electrons. The van der Waals surface area contributed by atoms with Crippen LogP contribution in [-0.2, 0) is 11.3 Å². The summed E-state index contributed by atoms with van der Waals surface area (Å²) in [7, 11) is 0. The minimum atomic E-state index is -0.476. The van der Waals surface area contributed by atoms with Crippen molar-refractivity contribution in [2.45, 2.75) is 30.8 Å². The van der Waals surface area contributed by atoms with E-state index >= 15 is 0 Å². The van der Waals surface area contributed by atoms with Crippen LogP contribution in [0.25, 0.3) is 11.4 Å². The summed E-state index contributed by atoms with van der Waals surface area (Å²) in [6, 6.07) is 11.5. The molecule has 1 aliphatic heterocycles. The normalized spacial score (nSPS) is 14.8. The molecule has 2 aromatic heterocycles. The number of rotatable bonds is 6.